The van der Waals surface area contributed by atoms with Gasteiger partial charge in [0.1, 0.15) is 46.9 Å². The minimum atomic E-state index is -1.56. The molecule has 3 aromatic rings. The summed E-state index contributed by atoms with van der Waals surface area (Å²) in [5.74, 6) is 0.282. The van der Waals surface area contributed by atoms with Gasteiger partial charge in [-0.15, -0.1) is 0 Å². The molecule has 182 valence electrons. The molecule has 1 saturated heterocycles. The van der Waals surface area contributed by atoms with Gasteiger partial charge >= 0.3 is 0 Å². The summed E-state index contributed by atoms with van der Waals surface area (Å²) in [5, 5.41) is 49.5. The van der Waals surface area contributed by atoms with Crippen molar-refractivity contribution in [3.05, 3.63) is 46.6 Å². The van der Waals surface area contributed by atoms with Gasteiger partial charge < -0.3 is 48.9 Å². The lowest BCUT2D eigenvalue weighted by Gasteiger charge is -2.39. The maximum Gasteiger partial charge on any atom is 0.229 e. The molecule has 11 nitrogen and oxygen atoms in total. The average molecular weight is 476 g/mol. The fourth-order valence-electron chi connectivity index (χ4n) is 3.75. The van der Waals surface area contributed by atoms with Crippen LogP contribution in [0.25, 0.3) is 22.3 Å². The fraction of sp³-hybridized carbons (Fsp3) is 0.348. The summed E-state index contributed by atoms with van der Waals surface area (Å²) in [5.41, 5.74) is 0.116. The zero-order chi connectivity index (χ0) is 24.6. The summed E-state index contributed by atoms with van der Waals surface area (Å²) in [6, 6.07) is 8.88. The third-order valence-electron chi connectivity index (χ3n) is 5.58. The number of hydrogen-bond acceptors (Lipinski definition) is 11. The minimum Gasteiger partial charge on any atom is -0.504 e. The van der Waals surface area contributed by atoms with E-state index in [4.69, 9.17) is 23.4 Å². The van der Waals surface area contributed by atoms with Crippen molar-refractivity contribution in [3.8, 4) is 34.3 Å². The number of ether oxygens (including phenoxy) is 4. The van der Waals surface area contributed by atoms with Crippen LogP contribution in [0.4, 0.5) is 0 Å². The molecular weight excluding hydrogens is 452 g/mol. The highest BCUT2D eigenvalue weighted by Crippen LogP contribution is 2.42. The quantitative estimate of drug-likeness (QED) is 0.333. The molecule has 4 rings (SSSR count). The first-order chi connectivity index (χ1) is 16.3. The summed E-state index contributed by atoms with van der Waals surface area (Å²) in [7, 11) is 2.73. The number of aliphatic hydroxyl groups excluding tert-OH is 4. The van der Waals surface area contributed by atoms with Crippen molar-refractivity contribution in [1.29, 1.82) is 0 Å². The SMILES string of the molecule is COc1cc2oc(-c3ccc(O[C@H]4O[C@H](CO)[C@@H](O)[C@H](O)[C@H]4O)cc3)cc(=O)c2c(O)c1OC. The van der Waals surface area contributed by atoms with Crippen LogP contribution < -0.4 is 19.6 Å². The van der Waals surface area contributed by atoms with E-state index in [1.807, 2.05) is 0 Å². The number of hydrogen-bond donors (Lipinski definition) is 5. The van der Waals surface area contributed by atoms with Gasteiger partial charge in [-0.2, -0.15) is 0 Å². The molecule has 5 atom stereocenters. The van der Waals surface area contributed by atoms with Crippen LogP contribution in [0.3, 0.4) is 0 Å². The highest BCUT2D eigenvalue weighted by Gasteiger charge is 2.44. The van der Waals surface area contributed by atoms with Crippen LogP contribution in [-0.4, -0.2) is 77.1 Å². The summed E-state index contributed by atoms with van der Waals surface area (Å²) in [6.45, 7) is -0.572. The second-order valence-corrected chi connectivity index (χ2v) is 7.65. The monoisotopic (exact) mass is 476 g/mol. The predicted octanol–water partition coefficient (Wildman–Crippen LogP) is 0.361. The first kappa shape index (κ1) is 23.8. The second-order valence-electron chi connectivity index (χ2n) is 7.65. The molecule has 1 fully saturated rings. The molecule has 0 unspecified atom stereocenters. The molecule has 0 radical (unpaired) electrons. The topological polar surface area (TPSA) is 168 Å². The molecule has 1 aliphatic heterocycles. The molecule has 0 amide bonds. The van der Waals surface area contributed by atoms with Crippen molar-refractivity contribution in [3.63, 3.8) is 0 Å². The van der Waals surface area contributed by atoms with Crippen molar-refractivity contribution < 1.29 is 48.9 Å². The number of phenolic OH excluding ortho intramolecular Hbond substituents is 1. The van der Waals surface area contributed by atoms with E-state index in [0.717, 1.165) is 0 Å². The van der Waals surface area contributed by atoms with Gasteiger partial charge in [0.2, 0.25) is 12.0 Å². The molecule has 0 saturated carbocycles. The van der Waals surface area contributed by atoms with Gasteiger partial charge in [0.05, 0.1) is 20.8 Å². The van der Waals surface area contributed by atoms with Gasteiger partial charge in [-0.3, -0.25) is 4.79 Å². The predicted molar refractivity (Wildman–Crippen MR) is 117 cm³/mol. The molecular formula is C23H24O11. The molecule has 1 aliphatic rings. The van der Waals surface area contributed by atoms with Crippen LogP contribution in [0, 0.1) is 0 Å². The fourth-order valence-corrected chi connectivity index (χ4v) is 3.75. The molecule has 2 aromatic carbocycles. The molecule has 34 heavy (non-hydrogen) atoms. The molecule has 11 heteroatoms. The van der Waals surface area contributed by atoms with Crippen molar-refractivity contribution in [2.75, 3.05) is 20.8 Å². The Morgan fingerprint density at radius 1 is 0.971 bits per heavy atom. The van der Waals surface area contributed by atoms with E-state index in [1.54, 1.807) is 12.1 Å². The van der Waals surface area contributed by atoms with E-state index in [-0.39, 0.29) is 39.7 Å². The largest absolute Gasteiger partial charge is 0.504 e. The molecule has 0 bridgehead atoms. The first-order valence-corrected chi connectivity index (χ1v) is 10.3. The van der Waals surface area contributed by atoms with Crippen LogP contribution >= 0.6 is 0 Å². The Bertz CT molecular complexity index is 1220. The standard InChI is InChI=1S/C23H24O11/c1-30-15-8-14-17(19(27)22(15)31-2)12(25)7-13(33-14)10-3-5-11(6-4-10)32-23-21(29)20(28)18(26)16(9-24)34-23/h3-8,16,18,20-21,23-24,26-29H,9H2,1-2H3/t16-,18-,20+,21-,23+/m1/s1. The number of rotatable bonds is 6. The van der Waals surface area contributed by atoms with Gasteiger partial charge in [0.25, 0.3) is 0 Å². The molecule has 2 heterocycles. The number of benzene rings is 2. The first-order valence-electron chi connectivity index (χ1n) is 10.3. The van der Waals surface area contributed by atoms with Gasteiger partial charge in [-0.25, -0.2) is 0 Å². The zero-order valence-electron chi connectivity index (χ0n) is 18.2. The van der Waals surface area contributed by atoms with Gasteiger partial charge in [-0.05, 0) is 24.3 Å². The third kappa shape index (κ3) is 4.15. The third-order valence-corrected chi connectivity index (χ3v) is 5.58. The Hall–Kier alpha value is -3.35. The Morgan fingerprint density at radius 3 is 2.29 bits per heavy atom. The van der Waals surface area contributed by atoms with Crippen molar-refractivity contribution in [2.24, 2.45) is 0 Å². The Kier molecular flexibility index (Phi) is 6.64. The lowest BCUT2D eigenvalue weighted by molar-refractivity contribution is -0.277. The van der Waals surface area contributed by atoms with Crippen molar-refractivity contribution >= 4 is 11.0 Å². The smallest absolute Gasteiger partial charge is 0.229 e. The number of aromatic hydroxyl groups is 1. The molecule has 1 aromatic heterocycles. The number of fused-ring (bicyclic) bond motifs is 1. The van der Waals surface area contributed by atoms with E-state index in [2.05, 4.69) is 0 Å². The van der Waals surface area contributed by atoms with Crippen LogP contribution in [0.15, 0.2) is 45.6 Å². The van der Waals surface area contributed by atoms with E-state index >= 15 is 0 Å². The normalized spacial score (nSPS) is 24.7. The van der Waals surface area contributed by atoms with Crippen molar-refractivity contribution in [2.45, 2.75) is 30.7 Å². The summed E-state index contributed by atoms with van der Waals surface area (Å²) >= 11 is 0. The van der Waals surface area contributed by atoms with Crippen LogP contribution in [0.1, 0.15) is 0 Å². The van der Waals surface area contributed by atoms with Gasteiger partial charge in [0, 0.05) is 17.7 Å². The van der Waals surface area contributed by atoms with Crippen molar-refractivity contribution in [1.82, 2.24) is 0 Å². The Morgan fingerprint density at radius 2 is 1.68 bits per heavy atom. The van der Waals surface area contributed by atoms with Crippen LogP contribution in [0.2, 0.25) is 0 Å². The summed E-state index contributed by atoms with van der Waals surface area (Å²) in [6.07, 6.45) is -7.02. The Labute approximate surface area is 192 Å². The zero-order valence-corrected chi connectivity index (χ0v) is 18.2. The minimum absolute atomic E-state index is 0.0183. The summed E-state index contributed by atoms with van der Waals surface area (Å²) < 4.78 is 27.0. The van der Waals surface area contributed by atoms with Crippen LogP contribution in [-0.2, 0) is 4.74 Å². The molecule has 0 spiro atoms. The lowest BCUT2D eigenvalue weighted by Crippen LogP contribution is -2.60. The number of methoxy groups -OCH3 is 2. The number of aliphatic hydroxyl groups is 4. The molecule has 0 aliphatic carbocycles. The van der Waals surface area contributed by atoms with E-state index in [9.17, 15) is 30.3 Å². The maximum atomic E-state index is 12.7. The molecule has 5 N–H and O–H groups in total. The van der Waals surface area contributed by atoms with E-state index in [0.29, 0.717) is 5.56 Å². The Balaban J connectivity index is 1.62. The van der Waals surface area contributed by atoms with Crippen LogP contribution in [0.5, 0.6) is 23.0 Å². The van der Waals surface area contributed by atoms with Gasteiger partial charge in [0.15, 0.2) is 16.9 Å². The van der Waals surface area contributed by atoms with Gasteiger partial charge in [-0.1, -0.05) is 0 Å². The lowest BCUT2D eigenvalue weighted by atomic mass is 9.99. The highest BCUT2D eigenvalue weighted by molar-refractivity contribution is 5.89. The highest BCUT2D eigenvalue weighted by atomic mass is 16.7. The van der Waals surface area contributed by atoms with E-state index in [1.165, 1.54) is 38.5 Å². The summed E-state index contributed by atoms with van der Waals surface area (Å²) in [4.78, 5) is 12.7. The van der Waals surface area contributed by atoms with E-state index < -0.39 is 42.7 Å². The average Bonchev–Trinajstić information content (AvgIpc) is 2.84. The number of phenols is 1. The maximum absolute atomic E-state index is 12.7. The second kappa shape index (κ2) is 9.49.